The maximum Gasteiger partial charge on any atom is 0.416 e. The number of benzene rings is 1. The van der Waals surface area contributed by atoms with Crippen molar-refractivity contribution in [1.82, 2.24) is 4.98 Å². The third-order valence-corrected chi connectivity index (χ3v) is 5.16. The molecule has 0 bridgehead atoms. The number of carbonyl (C=O) groups is 1. The molecule has 8 heteroatoms. The van der Waals surface area contributed by atoms with E-state index in [9.17, 15) is 23.1 Å². The van der Waals surface area contributed by atoms with Crippen LogP contribution in [0.1, 0.15) is 32.5 Å². The van der Waals surface area contributed by atoms with Gasteiger partial charge in [-0.05, 0) is 48.9 Å². The fourth-order valence-corrected chi connectivity index (χ4v) is 3.55. The lowest BCUT2D eigenvalue weighted by Crippen LogP contribution is -2.15. The van der Waals surface area contributed by atoms with Gasteiger partial charge in [-0.2, -0.15) is 13.2 Å². The molecule has 0 aliphatic heterocycles. The average molecular weight is 433 g/mol. The summed E-state index contributed by atoms with van der Waals surface area (Å²) in [6.45, 7) is 1.55. The molecule has 0 saturated heterocycles. The highest BCUT2D eigenvalue weighted by atomic mass is 32.1. The molecule has 1 aromatic carbocycles. The van der Waals surface area contributed by atoms with E-state index in [-0.39, 0.29) is 17.7 Å². The first-order valence-corrected chi connectivity index (χ1v) is 9.75. The molecule has 3 aromatic rings. The Morgan fingerprint density at radius 2 is 2.03 bits per heavy atom. The number of aliphatic hydroxyl groups excluding tert-OH is 1. The first kappa shape index (κ1) is 21.7. The second kappa shape index (κ2) is 9.23. The number of hydrogen-bond acceptors (Lipinski definition) is 5. The number of nitrogens with zero attached hydrogens (tertiary/aromatic N) is 1. The van der Waals surface area contributed by atoms with Crippen molar-refractivity contribution in [3.63, 3.8) is 0 Å². The molecular weight excluding hydrogens is 415 g/mol. The molecule has 4 nitrogen and oxygen atoms in total. The summed E-state index contributed by atoms with van der Waals surface area (Å²) in [6, 6.07) is 11.5. The minimum absolute atomic E-state index is 0.0307. The number of carbonyl (C=O) groups excluding carboxylic acids is 1. The highest BCUT2D eigenvalue weighted by Gasteiger charge is 2.30. The molecule has 1 atom stereocenters. The third kappa shape index (κ3) is 5.55. The van der Waals surface area contributed by atoms with Crippen LogP contribution in [0.2, 0.25) is 0 Å². The monoisotopic (exact) mass is 433 g/mol. The molecule has 156 valence electrons. The van der Waals surface area contributed by atoms with Crippen LogP contribution in [0, 0.1) is 6.92 Å². The predicted molar refractivity (Wildman–Crippen MR) is 107 cm³/mol. The molecule has 0 aliphatic rings. The topological polar surface area (TPSA) is 59.4 Å². The number of hydrogen-bond donors (Lipinski definition) is 1. The molecule has 1 unspecified atom stereocenters. The summed E-state index contributed by atoms with van der Waals surface area (Å²) in [5.41, 5.74) is -0.262. The number of aliphatic hydroxyl groups is 1. The SMILES string of the molecule is Cc1ccc(/C=C(\C(=O)OCc2cccc(C(F)(F)F)c2)C(O)c2cccnc2)s1. The number of aromatic nitrogens is 1. The molecule has 2 heterocycles. The van der Waals surface area contributed by atoms with Gasteiger partial charge in [0.15, 0.2) is 0 Å². The normalized spacial score (nSPS) is 13.2. The minimum atomic E-state index is -4.49. The van der Waals surface area contributed by atoms with E-state index >= 15 is 0 Å². The number of pyridine rings is 1. The Morgan fingerprint density at radius 3 is 2.67 bits per heavy atom. The highest BCUT2D eigenvalue weighted by Crippen LogP contribution is 2.30. The van der Waals surface area contributed by atoms with Crippen LogP contribution in [0.4, 0.5) is 13.2 Å². The van der Waals surface area contributed by atoms with Gasteiger partial charge in [-0.1, -0.05) is 18.2 Å². The molecule has 2 aromatic heterocycles. The number of halogens is 3. The molecule has 0 saturated carbocycles. The van der Waals surface area contributed by atoms with Gasteiger partial charge in [-0.25, -0.2) is 4.79 Å². The van der Waals surface area contributed by atoms with Crippen LogP contribution in [-0.4, -0.2) is 16.1 Å². The van der Waals surface area contributed by atoms with Gasteiger partial charge in [-0.15, -0.1) is 11.3 Å². The number of esters is 1. The van der Waals surface area contributed by atoms with E-state index in [1.165, 1.54) is 41.9 Å². The molecule has 0 aliphatic carbocycles. The molecule has 0 amide bonds. The Kier molecular flexibility index (Phi) is 6.69. The van der Waals surface area contributed by atoms with Gasteiger partial charge in [0.1, 0.15) is 12.7 Å². The van der Waals surface area contributed by atoms with E-state index in [1.807, 2.05) is 13.0 Å². The zero-order valence-corrected chi connectivity index (χ0v) is 16.7. The summed E-state index contributed by atoms with van der Waals surface area (Å²) in [5.74, 6) is -0.824. The van der Waals surface area contributed by atoms with Gasteiger partial charge in [0.05, 0.1) is 11.1 Å². The Morgan fingerprint density at radius 1 is 1.23 bits per heavy atom. The van der Waals surface area contributed by atoms with Crippen LogP contribution in [0.25, 0.3) is 6.08 Å². The van der Waals surface area contributed by atoms with E-state index in [2.05, 4.69) is 4.98 Å². The standard InChI is InChI=1S/C22H18F3NO3S/c1-14-7-8-18(30-14)11-19(20(27)16-5-3-9-26-12-16)21(28)29-13-15-4-2-6-17(10-15)22(23,24)25/h2-12,20,27H,13H2,1H3/b19-11-. The van der Waals surface area contributed by atoms with Gasteiger partial charge in [0, 0.05) is 27.7 Å². The first-order valence-electron chi connectivity index (χ1n) is 8.93. The molecule has 0 spiro atoms. The number of thiophene rings is 1. The van der Waals surface area contributed by atoms with Crippen LogP contribution in [0.15, 0.2) is 66.5 Å². The fraction of sp³-hybridized carbons (Fsp3) is 0.182. The summed E-state index contributed by atoms with van der Waals surface area (Å²) in [5, 5.41) is 10.7. The van der Waals surface area contributed by atoms with Gasteiger partial charge in [-0.3, -0.25) is 4.98 Å². The summed E-state index contributed by atoms with van der Waals surface area (Å²) < 4.78 is 43.9. The van der Waals surface area contributed by atoms with Crippen molar-refractivity contribution in [3.8, 4) is 0 Å². The van der Waals surface area contributed by atoms with Crippen molar-refractivity contribution in [2.45, 2.75) is 25.8 Å². The van der Waals surface area contributed by atoms with Crippen LogP contribution < -0.4 is 0 Å². The summed E-state index contributed by atoms with van der Waals surface area (Å²) in [7, 11) is 0. The number of aryl methyl sites for hydroxylation is 1. The van der Waals surface area contributed by atoms with E-state index < -0.39 is 23.8 Å². The van der Waals surface area contributed by atoms with Crippen LogP contribution in [0.3, 0.4) is 0 Å². The summed E-state index contributed by atoms with van der Waals surface area (Å²) in [6.07, 6.45) is -1.30. The number of rotatable bonds is 6. The smallest absolute Gasteiger partial charge is 0.416 e. The van der Waals surface area contributed by atoms with Gasteiger partial charge in [0.25, 0.3) is 0 Å². The predicted octanol–water partition coefficient (Wildman–Crippen LogP) is 5.33. The van der Waals surface area contributed by atoms with E-state index in [4.69, 9.17) is 4.74 Å². The average Bonchev–Trinajstić information content (AvgIpc) is 3.15. The fourth-order valence-electron chi connectivity index (χ4n) is 2.72. The molecule has 3 rings (SSSR count). The molecule has 30 heavy (non-hydrogen) atoms. The lowest BCUT2D eigenvalue weighted by Gasteiger charge is -2.15. The Balaban J connectivity index is 1.83. The van der Waals surface area contributed by atoms with E-state index in [0.717, 1.165) is 21.9 Å². The van der Waals surface area contributed by atoms with Crippen LogP contribution >= 0.6 is 11.3 Å². The quantitative estimate of drug-likeness (QED) is 0.422. The lowest BCUT2D eigenvalue weighted by molar-refractivity contribution is -0.141. The number of ether oxygens (including phenoxy) is 1. The largest absolute Gasteiger partial charge is 0.457 e. The zero-order valence-electron chi connectivity index (χ0n) is 15.9. The van der Waals surface area contributed by atoms with Crippen molar-refractivity contribution < 1.29 is 27.8 Å². The second-order valence-corrected chi connectivity index (χ2v) is 7.83. The Labute approximate surface area is 175 Å². The maximum atomic E-state index is 12.9. The molecule has 1 N–H and O–H groups in total. The van der Waals surface area contributed by atoms with Crippen molar-refractivity contribution >= 4 is 23.4 Å². The van der Waals surface area contributed by atoms with Crippen LogP contribution in [0.5, 0.6) is 0 Å². The summed E-state index contributed by atoms with van der Waals surface area (Å²) in [4.78, 5) is 18.4. The Hall–Kier alpha value is -2.97. The molecule has 0 radical (unpaired) electrons. The number of alkyl halides is 3. The third-order valence-electron chi connectivity index (χ3n) is 4.21. The van der Waals surface area contributed by atoms with Crippen molar-refractivity contribution in [3.05, 3.63) is 92.9 Å². The van der Waals surface area contributed by atoms with Crippen molar-refractivity contribution in [2.24, 2.45) is 0 Å². The molecule has 0 fully saturated rings. The summed E-state index contributed by atoms with van der Waals surface area (Å²) >= 11 is 1.43. The lowest BCUT2D eigenvalue weighted by atomic mass is 10.0. The Bertz CT molecular complexity index is 1050. The zero-order chi connectivity index (χ0) is 21.7. The minimum Gasteiger partial charge on any atom is -0.457 e. The maximum absolute atomic E-state index is 12.9. The highest BCUT2D eigenvalue weighted by molar-refractivity contribution is 7.12. The van der Waals surface area contributed by atoms with Crippen LogP contribution in [-0.2, 0) is 22.3 Å². The second-order valence-electron chi connectivity index (χ2n) is 6.51. The van der Waals surface area contributed by atoms with Crippen molar-refractivity contribution in [2.75, 3.05) is 0 Å². The van der Waals surface area contributed by atoms with Gasteiger partial charge < -0.3 is 9.84 Å². The molecular formula is C22H18F3NO3S. The van der Waals surface area contributed by atoms with Crippen molar-refractivity contribution in [1.29, 1.82) is 0 Å². The van der Waals surface area contributed by atoms with E-state index in [1.54, 1.807) is 18.2 Å². The van der Waals surface area contributed by atoms with E-state index in [0.29, 0.717) is 5.56 Å². The van der Waals surface area contributed by atoms with Gasteiger partial charge in [0.2, 0.25) is 0 Å². The van der Waals surface area contributed by atoms with Gasteiger partial charge >= 0.3 is 12.1 Å². The first-order chi connectivity index (χ1) is 14.2.